The van der Waals surface area contributed by atoms with Crippen LogP contribution < -0.4 is 0 Å². The third-order valence-corrected chi connectivity index (χ3v) is 4.63. The summed E-state index contributed by atoms with van der Waals surface area (Å²) in [6, 6.07) is 6.16. The van der Waals surface area contributed by atoms with Crippen molar-refractivity contribution in [3.63, 3.8) is 0 Å². The second kappa shape index (κ2) is 3.70. The fourth-order valence-corrected chi connectivity index (χ4v) is 2.77. The highest BCUT2D eigenvalue weighted by Crippen LogP contribution is 2.52. The zero-order valence-electron chi connectivity index (χ0n) is 8.78. The van der Waals surface area contributed by atoms with Crippen molar-refractivity contribution < 1.29 is 12.8 Å². The van der Waals surface area contributed by atoms with Gasteiger partial charge in [-0.05, 0) is 37.5 Å². The summed E-state index contributed by atoms with van der Waals surface area (Å²) in [5.74, 6) is 0. The van der Waals surface area contributed by atoms with Gasteiger partial charge in [0.05, 0.1) is 4.90 Å². The molecule has 0 saturated heterocycles. The molecule has 88 valence electrons. The smallest absolute Gasteiger partial charge is 0.247 e. The van der Waals surface area contributed by atoms with Gasteiger partial charge >= 0.3 is 0 Å². The van der Waals surface area contributed by atoms with Crippen molar-refractivity contribution in [3.8, 4) is 0 Å². The van der Waals surface area contributed by atoms with E-state index in [0.29, 0.717) is 0 Å². The van der Waals surface area contributed by atoms with Crippen molar-refractivity contribution in [2.24, 2.45) is 0 Å². The zero-order chi connectivity index (χ0) is 12.0. The Bertz CT molecular complexity index is 489. The van der Waals surface area contributed by atoms with Crippen LogP contribution in [0, 0.1) is 0 Å². The SMILES string of the molecule is CC(F)C1(c2ccc(S(=O)(=O)Cl)cc2)CC1. The number of hydrogen-bond acceptors (Lipinski definition) is 2. The van der Waals surface area contributed by atoms with Crippen molar-refractivity contribution in [1.82, 2.24) is 0 Å². The molecule has 0 spiro atoms. The maximum atomic E-state index is 13.4. The molecule has 16 heavy (non-hydrogen) atoms. The third-order valence-electron chi connectivity index (χ3n) is 3.26. The molecule has 1 aromatic rings. The molecule has 2 nitrogen and oxygen atoms in total. The van der Waals surface area contributed by atoms with Gasteiger partial charge in [-0.15, -0.1) is 0 Å². The molecule has 1 aromatic carbocycles. The minimum atomic E-state index is -3.69. The molecule has 0 amide bonds. The first-order valence-corrected chi connectivity index (χ1v) is 7.36. The molecule has 1 saturated carbocycles. The van der Waals surface area contributed by atoms with Crippen LogP contribution in [0.1, 0.15) is 25.3 Å². The minimum absolute atomic E-state index is 0.0558. The predicted octanol–water partition coefficient (Wildman–Crippen LogP) is 3.00. The van der Waals surface area contributed by atoms with Gasteiger partial charge in [-0.25, -0.2) is 12.8 Å². The van der Waals surface area contributed by atoms with E-state index < -0.39 is 20.6 Å². The van der Waals surface area contributed by atoms with Gasteiger partial charge in [0.1, 0.15) is 6.17 Å². The summed E-state index contributed by atoms with van der Waals surface area (Å²) in [5, 5.41) is 0. The molecular weight excluding hydrogens is 251 g/mol. The number of alkyl halides is 1. The number of hydrogen-bond donors (Lipinski definition) is 0. The van der Waals surface area contributed by atoms with Crippen LogP contribution in [-0.4, -0.2) is 14.6 Å². The second-order valence-corrected chi connectivity index (χ2v) is 6.80. The normalized spacial score (nSPS) is 20.4. The van der Waals surface area contributed by atoms with E-state index >= 15 is 0 Å². The average molecular weight is 263 g/mol. The maximum absolute atomic E-state index is 13.4. The lowest BCUT2D eigenvalue weighted by molar-refractivity contribution is 0.290. The van der Waals surface area contributed by atoms with Crippen LogP contribution in [-0.2, 0) is 14.5 Å². The van der Waals surface area contributed by atoms with Gasteiger partial charge in [-0.2, -0.15) is 0 Å². The Morgan fingerprint density at radius 3 is 2.12 bits per heavy atom. The first kappa shape index (κ1) is 11.9. The molecule has 1 unspecified atom stereocenters. The topological polar surface area (TPSA) is 34.1 Å². The Morgan fingerprint density at radius 2 is 1.81 bits per heavy atom. The molecule has 0 heterocycles. The van der Waals surface area contributed by atoms with Crippen LogP contribution in [0.25, 0.3) is 0 Å². The van der Waals surface area contributed by atoms with E-state index in [1.165, 1.54) is 12.1 Å². The van der Waals surface area contributed by atoms with E-state index in [1.807, 2.05) is 0 Å². The van der Waals surface area contributed by atoms with Crippen LogP contribution in [0.4, 0.5) is 4.39 Å². The van der Waals surface area contributed by atoms with Crippen LogP contribution in [0.15, 0.2) is 29.2 Å². The van der Waals surface area contributed by atoms with Crippen molar-refractivity contribution in [2.75, 3.05) is 0 Å². The summed E-state index contributed by atoms with van der Waals surface area (Å²) in [5.41, 5.74) is 0.459. The lowest BCUT2D eigenvalue weighted by atomic mass is 9.92. The number of rotatable bonds is 3. The Kier molecular flexibility index (Phi) is 2.75. The summed E-state index contributed by atoms with van der Waals surface area (Å²) in [6.07, 6.45) is 0.723. The van der Waals surface area contributed by atoms with Gasteiger partial charge in [-0.1, -0.05) is 12.1 Å². The monoisotopic (exact) mass is 262 g/mol. The lowest BCUT2D eigenvalue weighted by Crippen LogP contribution is -2.18. The highest BCUT2D eigenvalue weighted by atomic mass is 35.7. The Hall–Kier alpha value is -0.610. The first-order chi connectivity index (χ1) is 7.36. The molecule has 2 rings (SSSR count). The second-order valence-electron chi connectivity index (χ2n) is 4.23. The first-order valence-electron chi connectivity index (χ1n) is 5.05. The van der Waals surface area contributed by atoms with Gasteiger partial charge in [0.15, 0.2) is 0 Å². The van der Waals surface area contributed by atoms with Crippen LogP contribution in [0.5, 0.6) is 0 Å². The van der Waals surface area contributed by atoms with E-state index in [9.17, 15) is 12.8 Å². The summed E-state index contributed by atoms with van der Waals surface area (Å²) in [4.78, 5) is 0.0558. The molecule has 1 fully saturated rings. The fourth-order valence-electron chi connectivity index (χ4n) is 2.00. The summed E-state index contributed by atoms with van der Waals surface area (Å²) in [7, 11) is 1.52. The Labute approximate surface area is 98.8 Å². The molecule has 1 atom stereocenters. The lowest BCUT2D eigenvalue weighted by Gasteiger charge is -2.17. The number of benzene rings is 1. The van der Waals surface area contributed by atoms with Crippen LogP contribution >= 0.6 is 10.7 Å². The third kappa shape index (κ3) is 1.96. The van der Waals surface area contributed by atoms with E-state index in [2.05, 4.69) is 0 Å². The summed E-state index contributed by atoms with van der Waals surface area (Å²) < 4.78 is 35.5. The molecule has 0 radical (unpaired) electrons. The van der Waals surface area contributed by atoms with Gasteiger partial charge in [0.25, 0.3) is 9.05 Å². The fraction of sp³-hybridized carbons (Fsp3) is 0.455. The van der Waals surface area contributed by atoms with Crippen molar-refractivity contribution >= 4 is 19.7 Å². The quantitative estimate of drug-likeness (QED) is 0.785. The van der Waals surface area contributed by atoms with E-state index in [-0.39, 0.29) is 4.90 Å². The molecular formula is C11H12ClFO2S. The Balaban J connectivity index is 2.34. The molecule has 1 aliphatic rings. The van der Waals surface area contributed by atoms with Crippen LogP contribution in [0.2, 0.25) is 0 Å². The predicted molar refractivity (Wildman–Crippen MR) is 61.0 cm³/mol. The van der Waals surface area contributed by atoms with E-state index in [1.54, 1.807) is 19.1 Å². The highest BCUT2D eigenvalue weighted by Gasteiger charge is 2.49. The van der Waals surface area contributed by atoms with Crippen molar-refractivity contribution in [3.05, 3.63) is 29.8 Å². The van der Waals surface area contributed by atoms with Crippen molar-refractivity contribution in [1.29, 1.82) is 0 Å². The van der Waals surface area contributed by atoms with Gasteiger partial charge in [-0.3, -0.25) is 0 Å². The van der Waals surface area contributed by atoms with E-state index in [0.717, 1.165) is 18.4 Å². The molecule has 1 aliphatic carbocycles. The zero-order valence-corrected chi connectivity index (χ0v) is 10.4. The van der Waals surface area contributed by atoms with E-state index in [4.69, 9.17) is 10.7 Å². The molecule has 0 bridgehead atoms. The summed E-state index contributed by atoms with van der Waals surface area (Å²) >= 11 is 0. The molecule has 0 aliphatic heterocycles. The standard InChI is InChI=1S/C11H12ClFO2S/c1-8(13)11(6-7-11)9-2-4-10(5-3-9)16(12,14)15/h2-5,8H,6-7H2,1H3. The van der Waals surface area contributed by atoms with Gasteiger partial charge < -0.3 is 0 Å². The van der Waals surface area contributed by atoms with Crippen LogP contribution in [0.3, 0.4) is 0 Å². The van der Waals surface area contributed by atoms with Gasteiger partial charge in [0, 0.05) is 16.1 Å². The molecule has 0 aromatic heterocycles. The molecule has 5 heteroatoms. The minimum Gasteiger partial charge on any atom is -0.247 e. The average Bonchev–Trinajstić information content (AvgIpc) is 2.97. The molecule has 0 N–H and O–H groups in total. The Morgan fingerprint density at radius 1 is 1.31 bits per heavy atom. The summed E-state index contributed by atoms with van der Waals surface area (Å²) in [6.45, 7) is 1.54. The maximum Gasteiger partial charge on any atom is 0.261 e. The number of halogens is 2. The largest absolute Gasteiger partial charge is 0.261 e. The highest BCUT2D eigenvalue weighted by molar-refractivity contribution is 8.13. The van der Waals surface area contributed by atoms with Crippen molar-refractivity contribution in [2.45, 2.75) is 36.2 Å². The van der Waals surface area contributed by atoms with Gasteiger partial charge in [0.2, 0.25) is 0 Å².